The van der Waals surface area contributed by atoms with Crippen LogP contribution < -0.4 is 5.73 Å². The molecule has 84 valence electrons. The van der Waals surface area contributed by atoms with Crippen LogP contribution >= 0.6 is 0 Å². The third-order valence-corrected chi connectivity index (χ3v) is 2.11. The maximum Gasteiger partial charge on any atom is 0.365 e. The first kappa shape index (κ1) is 13.4. The van der Waals surface area contributed by atoms with E-state index >= 15 is 0 Å². The van der Waals surface area contributed by atoms with E-state index in [9.17, 15) is 9.90 Å². The molecule has 0 saturated heterocycles. The van der Waals surface area contributed by atoms with Gasteiger partial charge in [0, 0.05) is 0 Å². The lowest BCUT2D eigenvalue weighted by Gasteiger charge is -2.24. The average Bonchev–Trinajstić information content (AvgIpc) is 2.00. The molecule has 1 unspecified atom stereocenters. The smallest absolute Gasteiger partial charge is 0.365 e. The molecule has 0 heterocycles. The highest BCUT2D eigenvalue weighted by Gasteiger charge is 2.25. The molecule has 0 rings (SSSR count). The predicted molar refractivity (Wildman–Crippen MR) is 52.5 cm³/mol. The summed E-state index contributed by atoms with van der Waals surface area (Å²) in [6.07, 6.45) is 0.471. The Morgan fingerprint density at radius 1 is 1.43 bits per heavy atom. The molecule has 0 bridgehead atoms. The molecule has 0 aliphatic rings. The highest BCUT2D eigenvalue weighted by molar-refractivity contribution is 5.72. The zero-order chi connectivity index (χ0) is 11.4. The molecule has 5 N–H and O–H groups in total. The molecule has 5 heteroatoms. The maximum absolute atomic E-state index is 10.5. The van der Waals surface area contributed by atoms with E-state index in [4.69, 9.17) is 5.11 Å². The summed E-state index contributed by atoms with van der Waals surface area (Å²) in [4.78, 5) is 10.5. The topological polar surface area (TPSA) is 85.2 Å². The van der Waals surface area contributed by atoms with Gasteiger partial charge in [-0.15, -0.1) is 0 Å². The molecule has 0 aliphatic heterocycles. The Hall–Kier alpha value is -0.650. The van der Waals surface area contributed by atoms with Crippen molar-refractivity contribution in [2.75, 3.05) is 27.7 Å². The van der Waals surface area contributed by atoms with Crippen molar-refractivity contribution in [3.63, 3.8) is 0 Å². The van der Waals surface area contributed by atoms with Gasteiger partial charge in [-0.05, 0) is 12.8 Å². The van der Waals surface area contributed by atoms with E-state index in [0.717, 1.165) is 17.4 Å². The quantitative estimate of drug-likeness (QED) is 0.464. The minimum Gasteiger partial charge on any atom is -0.477 e. The largest absolute Gasteiger partial charge is 0.477 e. The number of aliphatic hydroxyl groups is 1. The minimum atomic E-state index is -1.04. The van der Waals surface area contributed by atoms with Crippen LogP contribution in [0.1, 0.15) is 12.8 Å². The molecule has 0 aromatic heterocycles. The van der Waals surface area contributed by atoms with Gasteiger partial charge in [0.1, 0.15) is 6.10 Å². The normalized spacial score (nSPS) is 16.4. The van der Waals surface area contributed by atoms with Crippen molar-refractivity contribution in [1.82, 2.24) is 0 Å². The number of hydrogen-bond donors (Lipinski definition) is 3. The van der Waals surface area contributed by atoms with Crippen LogP contribution in [0.5, 0.6) is 0 Å². The van der Waals surface area contributed by atoms with Gasteiger partial charge in [-0.1, -0.05) is 0 Å². The Morgan fingerprint density at radius 2 is 1.93 bits per heavy atom. The number of carboxylic acid groups (broad SMARTS) is 1. The van der Waals surface area contributed by atoms with Crippen molar-refractivity contribution < 1.29 is 25.2 Å². The Balaban J connectivity index is 3.75. The zero-order valence-corrected chi connectivity index (χ0v) is 9.23. The Labute approximate surface area is 84.7 Å². The van der Waals surface area contributed by atoms with Gasteiger partial charge in [0.25, 0.3) is 0 Å². The highest BCUT2D eigenvalue weighted by atomic mass is 16.4. The Morgan fingerprint density at radius 3 is 2.29 bits per heavy atom. The van der Waals surface area contributed by atoms with E-state index in [1.54, 1.807) is 0 Å². The van der Waals surface area contributed by atoms with Gasteiger partial charge in [-0.2, -0.15) is 0 Å². The molecule has 0 spiro atoms. The first-order chi connectivity index (χ1) is 6.24. The van der Waals surface area contributed by atoms with Gasteiger partial charge in [0.2, 0.25) is 6.04 Å². The maximum atomic E-state index is 10.5. The van der Waals surface area contributed by atoms with E-state index in [1.165, 1.54) is 0 Å². The number of aliphatic carboxylic acids is 1. The predicted octanol–water partition coefficient (Wildman–Crippen LogP) is -1.47. The van der Waals surface area contributed by atoms with Crippen molar-refractivity contribution >= 4 is 5.97 Å². The third kappa shape index (κ3) is 5.90. The van der Waals surface area contributed by atoms with E-state index < -0.39 is 18.1 Å². The standard InChI is InChI=1S/C9H20N2O3/c1-11(2,3)6-4-5-7(12)8(10)9(13)14/h7-8,12H,4-6,10H2,1-3H3/p+2/t7?,8-/m0/s1. The van der Waals surface area contributed by atoms with Crippen molar-refractivity contribution in [3.8, 4) is 0 Å². The number of carbonyl (C=O) groups is 1. The summed E-state index contributed by atoms with van der Waals surface area (Å²) < 4.78 is 0.821. The number of quaternary nitrogens is 2. The van der Waals surface area contributed by atoms with Crippen LogP contribution in [0.2, 0.25) is 0 Å². The Kier molecular flexibility index (Phi) is 5.04. The van der Waals surface area contributed by atoms with Crippen molar-refractivity contribution in [2.45, 2.75) is 25.0 Å². The molecular formula is C9H22N2O3+2. The van der Waals surface area contributed by atoms with Crippen molar-refractivity contribution in [1.29, 1.82) is 0 Å². The summed E-state index contributed by atoms with van der Waals surface area (Å²) >= 11 is 0. The zero-order valence-electron chi connectivity index (χ0n) is 9.23. The van der Waals surface area contributed by atoms with Gasteiger partial charge < -0.3 is 20.4 Å². The van der Waals surface area contributed by atoms with Crippen molar-refractivity contribution in [2.24, 2.45) is 0 Å². The second-order valence-electron chi connectivity index (χ2n) is 4.67. The summed E-state index contributed by atoms with van der Waals surface area (Å²) in [7, 11) is 6.18. The minimum absolute atomic E-state index is 0.496. The summed E-state index contributed by atoms with van der Waals surface area (Å²) in [6.45, 7) is 0.920. The lowest BCUT2D eigenvalue weighted by Crippen LogP contribution is -2.70. The van der Waals surface area contributed by atoms with Gasteiger partial charge >= 0.3 is 5.97 Å². The molecular weight excluding hydrogens is 184 g/mol. The third-order valence-electron chi connectivity index (χ3n) is 2.11. The molecule has 0 amide bonds. The monoisotopic (exact) mass is 206 g/mol. The highest BCUT2D eigenvalue weighted by Crippen LogP contribution is 2.03. The molecule has 0 saturated carbocycles. The van der Waals surface area contributed by atoms with Gasteiger partial charge in [-0.25, -0.2) is 4.79 Å². The number of carboxylic acids is 1. The second-order valence-corrected chi connectivity index (χ2v) is 4.67. The molecule has 0 fully saturated rings. The van der Waals surface area contributed by atoms with Crippen molar-refractivity contribution in [3.05, 3.63) is 0 Å². The summed E-state index contributed by atoms with van der Waals surface area (Å²) in [5.41, 5.74) is 3.40. The first-order valence-electron chi connectivity index (χ1n) is 4.78. The molecule has 2 atom stereocenters. The van der Waals surface area contributed by atoms with Crippen LogP contribution in [0.4, 0.5) is 0 Å². The number of nitrogens with zero attached hydrogens (tertiary/aromatic N) is 1. The fourth-order valence-electron chi connectivity index (χ4n) is 1.14. The summed E-state index contributed by atoms with van der Waals surface area (Å²) in [6, 6.07) is -0.914. The van der Waals surface area contributed by atoms with E-state index in [-0.39, 0.29) is 0 Å². The molecule has 0 aliphatic carbocycles. The molecule has 14 heavy (non-hydrogen) atoms. The van der Waals surface area contributed by atoms with Crippen LogP contribution in [0.3, 0.4) is 0 Å². The molecule has 0 aromatic rings. The summed E-state index contributed by atoms with van der Waals surface area (Å²) in [5.74, 6) is -1.04. The van der Waals surface area contributed by atoms with E-state index in [2.05, 4.69) is 26.9 Å². The lowest BCUT2D eigenvalue weighted by molar-refractivity contribution is -0.870. The summed E-state index contributed by atoms with van der Waals surface area (Å²) in [5, 5.41) is 18.0. The molecule has 0 aromatic carbocycles. The second kappa shape index (κ2) is 5.29. The van der Waals surface area contributed by atoms with E-state index in [1.807, 2.05) is 0 Å². The lowest BCUT2D eigenvalue weighted by atomic mass is 10.1. The first-order valence-corrected chi connectivity index (χ1v) is 4.78. The van der Waals surface area contributed by atoms with Crippen LogP contribution in [0.25, 0.3) is 0 Å². The average molecular weight is 206 g/mol. The number of hydrogen-bond acceptors (Lipinski definition) is 2. The Bertz CT molecular complexity index is 189. The van der Waals surface area contributed by atoms with Crippen LogP contribution in [0, 0.1) is 0 Å². The molecule has 0 radical (unpaired) electrons. The van der Waals surface area contributed by atoms with Gasteiger partial charge in [0.15, 0.2) is 0 Å². The fourth-order valence-corrected chi connectivity index (χ4v) is 1.14. The van der Waals surface area contributed by atoms with Crippen LogP contribution in [-0.2, 0) is 4.79 Å². The molecule has 5 nitrogen and oxygen atoms in total. The van der Waals surface area contributed by atoms with E-state index in [0.29, 0.717) is 6.42 Å². The number of aliphatic hydroxyl groups excluding tert-OH is 1. The van der Waals surface area contributed by atoms with Crippen LogP contribution in [0.15, 0.2) is 0 Å². The number of rotatable bonds is 6. The fraction of sp³-hybridized carbons (Fsp3) is 0.889. The van der Waals surface area contributed by atoms with Crippen LogP contribution in [-0.4, -0.2) is 60.5 Å². The van der Waals surface area contributed by atoms with Gasteiger partial charge in [-0.3, -0.25) is 0 Å². The SMILES string of the molecule is C[N+](C)(C)CCCC(O)[C@H]([NH3+])C(=O)O. The van der Waals surface area contributed by atoms with Gasteiger partial charge in [0.05, 0.1) is 27.7 Å².